The van der Waals surface area contributed by atoms with Gasteiger partial charge in [-0.15, -0.1) is 0 Å². The minimum atomic E-state index is -0.238. The summed E-state index contributed by atoms with van der Waals surface area (Å²) in [6, 6.07) is 6.80. The molecule has 0 atom stereocenters. The van der Waals surface area contributed by atoms with Gasteiger partial charge in [0.2, 0.25) is 0 Å². The van der Waals surface area contributed by atoms with Gasteiger partial charge in [0.25, 0.3) is 0 Å². The van der Waals surface area contributed by atoms with Gasteiger partial charge >= 0.3 is 140 Å². The molecule has 0 heterocycles. The van der Waals surface area contributed by atoms with E-state index in [-0.39, 0.29) is 5.91 Å². The van der Waals surface area contributed by atoms with Crippen LogP contribution in [0.5, 0.6) is 0 Å². The second-order valence-corrected chi connectivity index (χ2v) is 6.10. The van der Waals surface area contributed by atoms with E-state index in [0.29, 0.717) is 15.3 Å². The van der Waals surface area contributed by atoms with Crippen LogP contribution in [0.3, 0.4) is 0 Å². The minimum absolute atomic E-state index is 0.238. The van der Waals surface area contributed by atoms with Crippen molar-refractivity contribution in [1.29, 1.82) is 0 Å². The first-order chi connectivity index (χ1) is 10.1. The molecule has 1 aromatic carbocycles. The third-order valence-corrected chi connectivity index (χ3v) is 4.11. The molecular formula is C16H22ClN2OSe. The molecule has 1 radical (unpaired) electrons. The van der Waals surface area contributed by atoms with Gasteiger partial charge in [0, 0.05) is 0 Å². The predicted octanol–water partition coefficient (Wildman–Crippen LogP) is 3.91. The quantitative estimate of drug-likeness (QED) is 0.413. The van der Waals surface area contributed by atoms with Crippen LogP contribution in [0, 0.1) is 0 Å². The summed E-state index contributed by atoms with van der Waals surface area (Å²) in [4.78, 5) is 18.5. The number of carbonyl (C=O) groups is 1. The van der Waals surface area contributed by atoms with Crippen LogP contribution in [0.15, 0.2) is 29.3 Å². The molecule has 0 saturated heterocycles. The number of benzene rings is 1. The summed E-state index contributed by atoms with van der Waals surface area (Å²) in [7, 11) is 0. The second-order valence-electron chi connectivity index (χ2n) is 4.90. The molecular weight excluding hydrogens is 351 g/mol. The summed E-state index contributed by atoms with van der Waals surface area (Å²) in [5.74, 6) is -0.238. The zero-order valence-corrected chi connectivity index (χ0v) is 15.1. The van der Waals surface area contributed by atoms with Gasteiger partial charge in [0.05, 0.1) is 0 Å². The van der Waals surface area contributed by atoms with E-state index in [4.69, 9.17) is 11.6 Å². The standard InChI is InChI=1S/C16H22ClN2OSe/c1-3-5-11-19(12-6-4-2)16(21)18-15(20)13-7-9-14(17)10-8-13/h7-10H,3-6,11-12H2,1-2H3. The molecule has 1 rings (SSSR count). The molecule has 0 saturated carbocycles. The molecule has 3 nitrogen and oxygen atoms in total. The Morgan fingerprint density at radius 2 is 1.67 bits per heavy atom. The number of halogens is 1. The fourth-order valence-electron chi connectivity index (χ4n) is 1.82. The average molecular weight is 373 g/mol. The Labute approximate surface area is 140 Å². The zero-order chi connectivity index (χ0) is 15.7. The first kappa shape index (κ1) is 18.2. The molecule has 0 fully saturated rings. The fourth-order valence-corrected chi connectivity index (χ4v) is 2.50. The Bertz CT molecular complexity index is 466. The van der Waals surface area contributed by atoms with E-state index >= 15 is 0 Å². The summed E-state index contributed by atoms with van der Waals surface area (Å²) in [5.41, 5.74) is 0.554. The van der Waals surface area contributed by atoms with E-state index in [0.717, 1.165) is 38.8 Å². The number of carbonyl (C=O) groups excluding carboxylic acids is 1. The van der Waals surface area contributed by atoms with Crippen molar-refractivity contribution in [2.45, 2.75) is 39.5 Å². The van der Waals surface area contributed by atoms with Crippen LogP contribution in [-0.4, -0.2) is 44.6 Å². The SMILES string of the molecule is CCCCN(CCCC)C([Se])=NC(=O)c1ccc(Cl)cc1. The van der Waals surface area contributed by atoms with Crippen molar-refractivity contribution in [2.24, 2.45) is 4.99 Å². The Hall–Kier alpha value is -0.831. The Morgan fingerprint density at radius 3 is 2.14 bits per heavy atom. The van der Waals surface area contributed by atoms with Gasteiger partial charge in [-0.2, -0.15) is 0 Å². The van der Waals surface area contributed by atoms with Crippen molar-refractivity contribution in [3.05, 3.63) is 34.9 Å². The summed E-state index contributed by atoms with van der Waals surface area (Å²) in [6.45, 7) is 6.17. The Kier molecular flexibility index (Phi) is 8.67. The molecule has 21 heavy (non-hydrogen) atoms. The molecule has 1 amide bonds. The molecule has 0 aliphatic carbocycles. The van der Waals surface area contributed by atoms with Gasteiger partial charge in [-0.1, -0.05) is 0 Å². The average Bonchev–Trinajstić information content (AvgIpc) is 2.47. The Morgan fingerprint density at radius 1 is 1.14 bits per heavy atom. The third-order valence-electron chi connectivity index (χ3n) is 3.12. The first-order valence-corrected chi connectivity index (χ1v) is 8.62. The molecule has 0 N–H and O–H groups in total. The topological polar surface area (TPSA) is 32.7 Å². The number of nitrogens with zero attached hydrogens (tertiary/aromatic N) is 2. The van der Waals surface area contributed by atoms with Crippen LogP contribution in [0.4, 0.5) is 0 Å². The first-order valence-electron chi connectivity index (χ1n) is 7.39. The number of amides is 1. The predicted molar refractivity (Wildman–Crippen MR) is 90.4 cm³/mol. The van der Waals surface area contributed by atoms with Crippen LogP contribution in [-0.2, 0) is 0 Å². The summed E-state index contributed by atoms with van der Waals surface area (Å²) >= 11 is 8.76. The maximum absolute atomic E-state index is 12.1. The van der Waals surface area contributed by atoms with Crippen LogP contribution in [0.2, 0.25) is 5.02 Å². The molecule has 115 valence electrons. The van der Waals surface area contributed by atoms with Gasteiger partial charge in [-0.25, -0.2) is 0 Å². The monoisotopic (exact) mass is 373 g/mol. The van der Waals surface area contributed by atoms with Crippen LogP contribution in [0.25, 0.3) is 0 Å². The summed E-state index contributed by atoms with van der Waals surface area (Å²) < 4.78 is 0.678. The number of aliphatic imine (C=N–C) groups is 1. The number of rotatable bonds is 7. The third kappa shape index (κ3) is 6.64. The summed E-state index contributed by atoms with van der Waals surface area (Å²) in [5, 5.41) is 0.617. The number of hydrogen-bond donors (Lipinski definition) is 0. The maximum atomic E-state index is 12.1. The molecule has 0 unspecified atom stereocenters. The molecule has 0 bridgehead atoms. The number of hydrogen-bond acceptors (Lipinski definition) is 1. The zero-order valence-electron chi connectivity index (χ0n) is 12.6. The second kappa shape index (κ2) is 9.99. The van der Waals surface area contributed by atoms with Gasteiger partial charge in [-0.3, -0.25) is 0 Å². The van der Waals surface area contributed by atoms with Crippen LogP contribution >= 0.6 is 11.6 Å². The molecule has 0 aliphatic rings. The van der Waals surface area contributed by atoms with E-state index in [1.54, 1.807) is 24.3 Å². The molecule has 0 aromatic heterocycles. The van der Waals surface area contributed by atoms with E-state index in [2.05, 4.69) is 39.8 Å². The van der Waals surface area contributed by atoms with Gasteiger partial charge in [0.1, 0.15) is 0 Å². The molecule has 1 aromatic rings. The molecule has 0 aliphatic heterocycles. The normalized spacial score (nSPS) is 11.5. The summed E-state index contributed by atoms with van der Waals surface area (Å²) in [6.07, 6.45) is 4.45. The van der Waals surface area contributed by atoms with Crippen molar-refractivity contribution < 1.29 is 4.79 Å². The van der Waals surface area contributed by atoms with Crippen LogP contribution in [0.1, 0.15) is 49.9 Å². The van der Waals surface area contributed by atoms with E-state index in [1.165, 1.54) is 0 Å². The number of unbranched alkanes of at least 4 members (excludes halogenated alkanes) is 2. The fraction of sp³-hybridized carbons (Fsp3) is 0.500. The van der Waals surface area contributed by atoms with Gasteiger partial charge < -0.3 is 0 Å². The van der Waals surface area contributed by atoms with Crippen molar-refractivity contribution in [3.8, 4) is 0 Å². The van der Waals surface area contributed by atoms with Crippen molar-refractivity contribution >= 4 is 38.3 Å². The van der Waals surface area contributed by atoms with Crippen LogP contribution < -0.4 is 0 Å². The van der Waals surface area contributed by atoms with Gasteiger partial charge in [0.15, 0.2) is 0 Å². The van der Waals surface area contributed by atoms with E-state index in [1.807, 2.05) is 0 Å². The number of amidine groups is 1. The van der Waals surface area contributed by atoms with Crippen molar-refractivity contribution in [1.82, 2.24) is 4.90 Å². The van der Waals surface area contributed by atoms with E-state index in [9.17, 15) is 4.79 Å². The molecule has 5 heteroatoms. The van der Waals surface area contributed by atoms with Crippen molar-refractivity contribution in [2.75, 3.05) is 13.1 Å². The van der Waals surface area contributed by atoms with Crippen molar-refractivity contribution in [3.63, 3.8) is 0 Å². The van der Waals surface area contributed by atoms with Gasteiger partial charge in [-0.05, 0) is 0 Å². The molecule has 0 spiro atoms. The van der Waals surface area contributed by atoms with E-state index < -0.39 is 0 Å². The Balaban J connectivity index is 2.77.